The zero-order chi connectivity index (χ0) is 16.9. The molecule has 0 spiro atoms. The zero-order valence-corrected chi connectivity index (χ0v) is 13.5. The van der Waals surface area contributed by atoms with Gasteiger partial charge in [0.2, 0.25) is 5.91 Å². The Labute approximate surface area is 130 Å². The molecular formula is C16H21NO5. The van der Waals surface area contributed by atoms with Crippen molar-refractivity contribution in [2.75, 3.05) is 7.05 Å². The monoisotopic (exact) mass is 307 g/mol. The number of carbonyl (C=O) groups excluding carboxylic acids is 3. The van der Waals surface area contributed by atoms with Crippen molar-refractivity contribution in [2.45, 2.75) is 39.8 Å². The molecule has 0 heterocycles. The van der Waals surface area contributed by atoms with Gasteiger partial charge in [-0.15, -0.1) is 0 Å². The maximum atomic E-state index is 11.5. The molecule has 0 radical (unpaired) electrons. The average molecular weight is 307 g/mol. The summed E-state index contributed by atoms with van der Waals surface area (Å²) in [5, 5.41) is 0. The van der Waals surface area contributed by atoms with E-state index in [2.05, 4.69) is 0 Å². The van der Waals surface area contributed by atoms with Crippen LogP contribution in [0.5, 0.6) is 5.75 Å². The normalized spacial score (nSPS) is 13.0. The molecule has 0 N–H and O–H groups in total. The van der Waals surface area contributed by atoms with Gasteiger partial charge in [0.1, 0.15) is 11.9 Å². The summed E-state index contributed by atoms with van der Waals surface area (Å²) in [5.74, 6) is -0.557. The summed E-state index contributed by atoms with van der Waals surface area (Å²) in [6, 6.07) is 6.31. The Kier molecular flexibility index (Phi) is 6.10. The minimum atomic E-state index is -0.599. The highest BCUT2D eigenvalue weighted by atomic mass is 16.5. The molecule has 0 bridgehead atoms. The standard InChI is InChI=1S/C16H21NO5/c1-10(17(5)11(2)18)16(22-13(4)20)14-6-8-15(9-7-14)21-12(3)19/h6-10,16H,1-5H3. The van der Waals surface area contributed by atoms with Gasteiger partial charge in [0.25, 0.3) is 0 Å². The van der Waals surface area contributed by atoms with Crippen LogP contribution in [0.1, 0.15) is 39.4 Å². The van der Waals surface area contributed by atoms with Gasteiger partial charge in [-0.1, -0.05) is 12.1 Å². The van der Waals surface area contributed by atoms with Crippen LogP contribution in [0.4, 0.5) is 0 Å². The van der Waals surface area contributed by atoms with Crippen LogP contribution in [0, 0.1) is 0 Å². The molecule has 1 amide bonds. The third-order valence-corrected chi connectivity index (χ3v) is 3.31. The molecule has 0 fully saturated rings. The second kappa shape index (κ2) is 7.59. The molecule has 22 heavy (non-hydrogen) atoms. The minimum absolute atomic E-state index is 0.124. The van der Waals surface area contributed by atoms with E-state index in [4.69, 9.17) is 9.47 Å². The molecule has 6 nitrogen and oxygen atoms in total. The molecule has 2 unspecified atom stereocenters. The number of amides is 1. The summed E-state index contributed by atoms with van der Waals surface area (Å²) in [6.45, 7) is 5.89. The van der Waals surface area contributed by atoms with Crippen LogP contribution < -0.4 is 4.74 Å². The Hall–Kier alpha value is -2.37. The predicted octanol–water partition coefficient (Wildman–Crippen LogP) is 2.08. The number of ether oxygens (including phenoxy) is 2. The van der Waals surface area contributed by atoms with Gasteiger partial charge in [0.05, 0.1) is 6.04 Å². The Morgan fingerprint density at radius 2 is 1.55 bits per heavy atom. The Morgan fingerprint density at radius 3 is 1.95 bits per heavy atom. The summed E-state index contributed by atoms with van der Waals surface area (Å²) in [5.41, 5.74) is 0.715. The van der Waals surface area contributed by atoms with Gasteiger partial charge in [0.15, 0.2) is 0 Å². The summed E-state index contributed by atoms with van der Waals surface area (Å²) >= 11 is 0. The zero-order valence-electron chi connectivity index (χ0n) is 13.5. The lowest BCUT2D eigenvalue weighted by atomic mass is 10.0. The fourth-order valence-corrected chi connectivity index (χ4v) is 2.01. The smallest absolute Gasteiger partial charge is 0.308 e. The molecular weight excluding hydrogens is 286 g/mol. The van der Waals surface area contributed by atoms with Crippen LogP contribution in [0.2, 0.25) is 0 Å². The van der Waals surface area contributed by atoms with E-state index in [0.717, 1.165) is 0 Å². The van der Waals surface area contributed by atoms with Crippen molar-refractivity contribution >= 4 is 17.8 Å². The number of rotatable bonds is 5. The highest BCUT2D eigenvalue weighted by Crippen LogP contribution is 2.26. The third-order valence-electron chi connectivity index (χ3n) is 3.31. The van der Waals surface area contributed by atoms with Crippen molar-refractivity contribution in [1.29, 1.82) is 0 Å². The molecule has 0 aliphatic heterocycles. The fraction of sp³-hybridized carbons (Fsp3) is 0.438. The van der Waals surface area contributed by atoms with E-state index in [1.807, 2.05) is 0 Å². The Morgan fingerprint density at radius 1 is 1.00 bits per heavy atom. The second-order valence-electron chi connectivity index (χ2n) is 5.06. The number of hydrogen-bond donors (Lipinski definition) is 0. The Bertz CT molecular complexity index is 552. The topological polar surface area (TPSA) is 72.9 Å². The van der Waals surface area contributed by atoms with Crippen LogP contribution in [-0.4, -0.2) is 35.8 Å². The summed E-state index contributed by atoms with van der Waals surface area (Å²) < 4.78 is 10.3. The van der Waals surface area contributed by atoms with E-state index in [1.54, 1.807) is 38.2 Å². The van der Waals surface area contributed by atoms with E-state index >= 15 is 0 Å². The largest absolute Gasteiger partial charge is 0.455 e. The van der Waals surface area contributed by atoms with Gasteiger partial charge in [-0.3, -0.25) is 14.4 Å². The average Bonchev–Trinajstić information content (AvgIpc) is 2.43. The first kappa shape index (κ1) is 17.7. The number of carbonyl (C=O) groups is 3. The summed E-state index contributed by atoms with van der Waals surface area (Å²) in [6.07, 6.45) is -0.599. The van der Waals surface area contributed by atoms with E-state index in [9.17, 15) is 14.4 Å². The van der Waals surface area contributed by atoms with Gasteiger partial charge in [-0.05, 0) is 24.6 Å². The minimum Gasteiger partial charge on any atom is -0.455 e. The Balaban J connectivity index is 3.03. The molecule has 0 aliphatic carbocycles. The van der Waals surface area contributed by atoms with Crippen LogP contribution in [-0.2, 0) is 19.1 Å². The van der Waals surface area contributed by atoms with Crippen molar-refractivity contribution in [2.24, 2.45) is 0 Å². The van der Waals surface area contributed by atoms with Gasteiger partial charge in [-0.25, -0.2) is 0 Å². The lowest BCUT2D eigenvalue weighted by Gasteiger charge is -2.31. The number of esters is 2. The van der Waals surface area contributed by atoms with E-state index in [0.29, 0.717) is 11.3 Å². The third kappa shape index (κ3) is 4.87. The molecule has 1 aromatic rings. The second-order valence-corrected chi connectivity index (χ2v) is 5.06. The molecule has 0 saturated carbocycles. The van der Waals surface area contributed by atoms with Crippen molar-refractivity contribution in [1.82, 2.24) is 4.90 Å². The van der Waals surface area contributed by atoms with E-state index in [-0.39, 0.29) is 11.9 Å². The van der Waals surface area contributed by atoms with Gasteiger partial charge in [-0.2, -0.15) is 0 Å². The fourth-order valence-electron chi connectivity index (χ4n) is 2.01. The molecule has 2 atom stereocenters. The molecule has 0 saturated heterocycles. The number of likely N-dealkylation sites (N-methyl/N-ethyl adjacent to an activating group) is 1. The van der Waals surface area contributed by atoms with Crippen LogP contribution in [0.15, 0.2) is 24.3 Å². The van der Waals surface area contributed by atoms with Crippen LogP contribution in [0.25, 0.3) is 0 Å². The highest BCUT2D eigenvalue weighted by Gasteiger charge is 2.27. The summed E-state index contributed by atoms with van der Waals surface area (Å²) in [4.78, 5) is 35.3. The van der Waals surface area contributed by atoms with E-state index < -0.39 is 18.0 Å². The molecule has 0 aliphatic rings. The first-order valence-electron chi connectivity index (χ1n) is 6.91. The lowest BCUT2D eigenvalue weighted by Crippen LogP contribution is -2.39. The van der Waals surface area contributed by atoms with Gasteiger partial charge in [0, 0.05) is 27.8 Å². The maximum Gasteiger partial charge on any atom is 0.308 e. The molecule has 0 aromatic heterocycles. The lowest BCUT2D eigenvalue weighted by molar-refractivity contribution is -0.152. The van der Waals surface area contributed by atoms with Crippen molar-refractivity contribution in [3.63, 3.8) is 0 Å². The number of hydrogen-bond acceptors (Lipinski definition) is 5. The first-order chi connectivity index (χ1) is 10.2. The molecule has 120 valence electrons. The van der Waals surface area contributed by atoms with Gasteiger partial charge >= 0.3 is 11.9 Å². The van der Waals surface area contributed by atoms with Crippen LogP contribution in [0.3, 0.4) is 0 Å². The summed E-state index contributed by atoms with van der Waals surface area (Å²) in [7, 11) is 1.65. The highest BCUT2D eigenvalue weighted by molar-refractivity contribution is 5.73. The maximum absolute atomic E-state index is 11.5. The quantitative estimate of drug-likeness (QED) is 0.615. The predicted molar refractivity (Wildman–Crippen MR) is 80.2 cm³/mol. The molecule has 1 rings (SSSR count). The first-order valence-corrected chi connectivity index (χ1v) is 6.91. The van der Waals surface area contributed by atoms with Crippen molar-refractivity contribution in [3.8, 4) is 5.75 Å². The van der Waals surface area contributed by atoms with Crippen LogP contribution >= 0.6 is 0 Å². The SMILES string of the molecule is CC(=O)Oc1ccc(C(OC(C)=O)C(C)N(C)C(C)=O)cc1. The number of nitrogens with zero attached hydrogens (tertiary/aromatic N) is 1. The van der Waals surface area contributed by atoms with Crippen molar-refractivity contribution < 1.29 is 23.9 Å². The molecule has 6 heteroatoms. The van der Waals surface area contributed by atoms with Crippen molar-refractivity contribution in [3.05, 3.63) is 29.8 Å². The number of benzene rings is 1. The van der Waals surface area contributed by atoms with E-state index in [1.165, 1.54) is 25.7 Å². The molecule has 1 aromatic carbocycles. The van der Waals surface area contributed by atoms with Gasteiger partial charge < -0.3 is 14.4 Å².